The van der Waals surface area contributed by atoms with Crippen LogP contribution in [0.5, 0.6) is 0 Å². The summed E-state index contributed by atoms with van der Waals surface area (Å²) in [6.45, 7) is 0.799. The lowest BCUT2D eigenvalue weighted by atomic mass is 9.83. The van der Waals surface area contributed by atoms with Crippen molar-refractivity contribution in [3.8, 4) is 12.3 Å². The molecule has 1 atom stereocenters. The number of likely N-dealkylation sites (tertiary alicyclic amines) is 1. The van der Waals surface area contributed by atoms with Crippen molar-refractivity contribution in [3.63, 3.8) is 0 Å². The van der Waals surface area contributed by atoms with Gasteiger partial charge in [-0.3, -0.25) is 9.69 Å². The molecular weight excluding hydrogens is 218 g/mol. The van der Waals surface area contributed by atoms with Crippen molar-refractivity contribution in [1.29, 1.82) is 0 Å². The molecular formula is C13H15NO3. The number of ketones is 1. The second-order valence-electron chi connectivity index (χ2n) is 4.13. The van der Waals surface area contributed by atoms with Crippen LogP contribution in [-0.4, -0.2) is 44.0 Å². The molecule has 2 rings (SSSR count). The van der Waals surface area contributed by atoms with Gasteiger partial charge < -0.3 is 9.47 Å². The molecule has 0 radical (unpaired) electrons. The summed E-state index contributed by atoms with van der Waals surface area (Å²) in [6, 6.07) is 0. The zero-order valence-electron chi connectivity index (χ0n) is 10.2. The summed E-state index contributed by atoms with van der Waals surface area (Å²) in [4.78, 5) is 13.9. The second kappa shape index (κ2) is 3.94. The first-order chi connectivity index (χ1) is 8.11. The molecule has 0 aromatic carbocycles. The summed E-state index contributed by atoms with van der Waals surface area (Å²) in [6.07, 6.45) is 8.03. The minimum Gasteiger partial charge on any atom is -0.494 e. The summed E-state index contributed by atoms with van der Waals surface area (Å²) in [5.74, 6) is 3.20. The monoisotopic (exact) mass is 233 g/mol. The number of rotatable bonds is 2. The Morgan fingerprint density at radius 2 is 2.18 bits per heavy atom. The highest BCUT2D eigenvalue weighted by molar-refractivity contribution is 6.05. The van der Waals surface area contributed by atoms with E-state index in [9.17, 15) is 4.79 Å². The van der Waals surface area contributed by atoms with Crippen LogP contribution in [-0.2, 0) is 14.3 Å². The van der Waals surface area contributed by atoms with Crippen LogP contribution in [0.1, 0.15) is 6.42 Å². The molecule has 0 amide bonds. The van der Waals surface area contributed by atoms with E-state index in [2.05, 4.69) is 5.92 Å². The van der Waals surface area contributed by atoms with Crippen LogP contribution < -0.4 is 0 Å². The average Bonchev–Trinajstić information content (AvgIpc) is 2.65. The lowest BCUT2D eigenvalue weighted by Gasteiger charge is -2.36. The van der Waals surface area contributed by atoms with E-state index in [-0.39, 0.29) is 11.5 Å². The molecule has 0 N–H and O–H groups in total. The van der Waals surface area contributed by atoms with Gasteiger partial charge in [0.25, 0.3) is 0 Å². The zero-order chi connectivity index (χ0) is 12.6. The highest BCUT2D eigenvalue weighted by Crippen LogP contribution is 2.43. The third-order valence-electron chi connectivity index (χ3n) is 3.43. The van der Waals surface area contributed by atoms with Crippen molar-refractivity contribution in [2.24, 2.45) is 0 Å². The minimum atomic E-state index is -0.756. The van der Waals surface area contributed by atoms with Crippen LogP contribution in [0.3, 0.4) is 0 Å². The SMILES string of the molecule is C#C[C@]12C(=CC(=O)C(OC)=C1OC)CCN2C. The van der Waals surface area contributed by atoms with Gasteiger partial charge in [0.05, 0.1) is 14.2 Å². The van der Waals surface area contributed by atoms with Gasteiger partial charge in [-0.15, -0.1) is 6.42 Å². The third kappa shape index (κ3) is 1.32. The molecule has 0 spiro atoms. The fourth-order valence-electron chi connectivity index (χ4n) is 2.58. The number of hydrogen-bond donors (Lipinski definition) is 0. The maximum absolute atomic E-state index is 11.9. The number of methoxy groups -OCH3 is 2. The number of nitrogens with zero attached hydrogens (tertiary/aromatic N) is 1. The average molecular weight is 233 g/mol. The van der Waals surface area contributed by atoms with Gasteiger partial charge in [0.15, 0.2) is 11.3 Å². The van der Waals surface area contributed by atoms with Gasteiger partial charge in [-0.1, -0.05) is 5.92 Å². The zero-order valence-corrected chi connectivity index (χ0v) is 10.2. The lowest BCUT2D eigenvalue weighted by Crippen LogP contribution is -2.46. The molecule has 0 bridgehead atoms. The minimum absolute atomic E-state index is 0.180. The standard InChI is InChI=1S/C13H15NO3/c1-5-13-9(6-7-14(13)2)8-10(15)11(16-3)12(13)17-4/h1,8H,6-7H2,2-4H3/t13-/m0/s1. The number of ether oxygens (including phenoxy) is 2. The van der Waals surface area contributed by atoms with Gasteiger partial charge in [-0.2, -0.15) is 0 Å². The van der Waals surface area contributed by atoms with Crippen molar-refractivity contribution in [2.45, 2.75) is 12.0 Å². The molecule has 1 aliphatic heterocycles. The number of carbonyl (C=O) groups excluding carboxylic acids is 1. The number of likely N-dealkylation sites (N-methyl/N-ethyl adjacent to an activating group) is 1. The first-order valence-electron chi connectivity index (χ1n) is 5.39. The largest absolute Gasteiger partial charge is 0.494 e. The fraction of sp³-hybridized carbons (Fsp3) is 0.462. The second-order valence-corrected chi connectivity index (χ2v) is 4.13. The van der Waals surface area contributed by atoms with Gasteiger partial charge in [0, 0.05) is 6.54 Å². The Morgan fingerprint density at radius 1 is 1.47 bits per heavy atom. The molecule has 17 heavy (non-hydrogen) atoms. The maximum atomic E-state index is 11.9. The van der Waals surface area contributed by atoms with Crippen molar-refractivity contribution < 1.29 is 14.3 Å². The first-order valence-corrected chi connectivity index (χ1v) is 5.39. The lowest BCUT2D eigenvalue weighted by molar-refractivity contribution is -0.115. The first kappa shape index (κ1) is 11.7. The smallest absolute Gasteiger partial charge is 0.224 e. The summed E-state index contributed by atoms with van der Waals surface area (Å²) in [7, 11) is 4.88. The molecule has 90 valence electrons. The maximum Gasteiger partial charge on any atom is 0.224 e. The topological polar surface area (TPSA) is 38.8 Å². The molecule has 1 heterocycles. The van der Waals surface area contributed by atoms with E-state index in [0.29, 0.717) is 5.76 Å². The molecule has 4 nitrogen and oxygen atoms in total. The van der Waals surface area contributed by atoms with Crippen LogP contribution >= 0.6 is 0 Å². The Morgan fingerprint density at radius 3 is 2.71 bits per heavy atom. The van der Waals surface area contributed by atoms with Gasteiger partial charge in [-0.25, -0.2) is 0 Å². The fourth-order valence-corrected chi connectivity index (χ4v) is 2.58. The number of hydrogen-bond acceptors (Lipinski definition) is 4. The van der Waals surface area contributed by atoms with Crippen LogP contribution in [0.15, 0.2) is 23.2 Å². The molecule has 1 aliphatic carbocycles. The van der Waals surface area contributed by atoms with Crippen molar-refractivity contribution in [3.05, 3.63) is 23.2 Å². The van der Waals surface area contributed by atoms with E-state index in [1.807, 2.05) is 11.9 Å². The van der Waals surface area contributed by atoms with E-state index in [1.165, 1.54) is 14.2 Å². The quantitative estimate of drug-likeness (QED) is 0.658. The Bertz CT molecular complexity index is 470. The van der Waals surface area contributed by atoms with Crippen molar-refractivity contribution in [2.75, 3.05) is 27.8 Å². The molecule has 1 fully saturated rings. The number of fused-ring (bicyclic) bond motifs is 1. The van der Waals surface area contributed by atoms with E-state index >= 15 is 0 Å². The Labute approximate surface area is 101 Å². The molecule has 0 aromatic rings. The van der Waals surface area contributed by atoms with Crippen LogP contribution in [0.4, 0.5) is 0 Å². The van der Waals surface area contributed by atoms with Crippen LogP contribution in [0.25, 0.3) is 0 Å². The number of allylic oxidation sites excluding steroid dienone is 1. The summed E-state index contributed by atoms with van der Waals surface area (Å²) >= 11 is 0. The molecule has 4 heteroatoms. The van der Waals surface area contributed by atoms with E-state index in [0.717, 1.165) is 18.5 Å². The van der Waals surface area contributed by atoms with Crippen molar-refractivity contribution >= 4 is 5.78 Å². The van der Waals surface area contributed by atoms with E-state index in [1.54, 1.807) is 6.08 Å². The third-order valence-corrected chi connectivity index (χ3v) is 3.43. The number of carbonyl (C=O) groups is 1. The van der Waals surface area contributed by atoms with Gasteiger partial charge in [0.2, 0.25) is 11.5 Å². The normalized spacial score (nSPS) is 28.6. The molecule has 1 saturated heterocycles. The number of terminal acetylenes is 1. The van der Waals surface area contributed by atoms with Crippen LogP contribution in [0, 0.1) is 12.3 Å². The summed E-state index contributed by atoms with van der Waals surface area (Å²) in [5.41, 5.74) is 0.152. The predicted molar refractivity (Wildman–Crippen MR) is 62.9 cm³/mol. The molecule has 0 saturated carbocycles. The molecule has 2 aliphatic rings. The van der Waals surface area contributed by atoms with Crippen LogP contribution in [0.2, 0.25) is 0 Å². The Kier molecular flexibility index (Phi) is 2.72. The van der Waals surface area contributed by atoms with Gasteiger partial charge in [0.1, 0.15) is 0 Å². The Balaban J connectivity index is 2.68. The summed E-state index contributed by atoms with van der Waals surface area (Å²) < 4.78 is 10.5. The van der Waals surface area contributed by atoms with E-state index < -0.39 is 5.54 Å². The molecule has 0 unspecified atom stereocenters. The Hall–Kier alpha value is -1.73. The van der Waals surface area contributed by atoms with E-state index in [4.69, 9.17) is 15.9 Å². The van der Waals surface area contributed by atoms with Gasteiger partial charge in [-0.05, 0) is 25.1 Å². The van der Waals surface area contributed by atoms with Gasteiger partial charge >= 0.3 is 0 Å². The summed E-state index contributed by atoms with van der Waals surface area (Å²) in [5, 5.41) is 0. The molecule has 0 aromatic heterocycles. The highest BCUT2D eigenvalue weighted by atomic mass is 16.5. The predicted octanol–water partition coefficient (Wildman–Crippen LogP) is 0.707. The van der Waals surface area contributed by atoms with Crippen molar-refractivity contribution in [1.82, 2.24) is 4.90 Å². The highest BCUT2D eigenvalue weighted by Gasteiger charge is 2.51.